The van der Waals surface area contributed by atoms with Crippen LogP contribution in [0.15, 0.2) is 34.7 Å². The van der Waals surface area contributed by atoms with E-state index >= 15 is 0 Å². The molecule has 0 unspecified atom stereocenters. The van der Waals surface area contributed by atoms with Crippen LogP contribution in [0.3, 0.4) is 0 Å². The molecule has 1 fully saturated rings. The van der Waals surface area contributed by atoms with E-state index in [1.807, 2.05) is 18.2 Å². The first-order valence-corrected chi connectivity index (χ1v) is 6.21. The van der Waals surface area contributed by atoms with Crippen LogP contribution in [-0.4, -0.2) is 6.04 Å². The van der Waals surface area contributed by atoms with Crippen molar-refractivity contribution in [1.82, 2.24) is 0 Å². The van der Waals surface area contributed by atoms with E-state index in [0.717, 1.165) is 23.5 Å². The van der Waals surface area contributed by atoms with E-state index in [9.17, 15) is 0 Å². The van der Waals surface area contributed by atoms with Gasteiger partial charge in [0.05, 0.1) is 5.02 Å². The van der Waals surface area contributed by atoms with Crippen LogP contribution in [-0.2, 0) is 0 Å². The molecule has 1 aliphatic rings. The summed E-state index contributed by atoms with van der Waals surface area (Å²) in [6.45, 7) is 0. The average molecular weight is 268 g/mol. The SMILES string of the molecule is N[C@H]1C[C@H]1c1ccc(-c2ccc(Cl)cc2Cl)o1. The third-order valence-electron chi connectivity index (χ3n) is 3.03. The Hall–Kier alpha value is -0.960. The summed E-state index contributed by atoms with van der Waals surface area (Å²) >= 11 is 12.0. The van der Waals surface area contributed by atoms with Crippen molar-refractivity contribution in [2.24, 2.45) is 5.73 Å². The van der Waals surface area contributed by atoms with Crippen molar-refractivity contribution in [2.45, 2.75) is 18.4 Å². The molecular weight excluding hydrogens is 257 g/mol. The monoisotopic (exact) mass is 267 g/mol. The van der Waals surface area contributed by atoms with Gasteiger partial charge < -0.3 is 10.2 Å². The quantitative estimate of drug-likeness (QED) is 0.891. The average Bonchev–Trinajstić information content (AvgIpc) is 2.83. The zero-order valence-electron chi connectivity index (χ0n) is 8.99. The first kappa shape index (κ1) is 11.1. The van der Waals surface area contributed by atoms with Crippen LogP contribution in [0.4, 0.5) is 0 Å². The summed E-state index contributed by atoms with van der Waals surface area (Å²) in [6, 6.07) is 9.51. The molecule has 17 heavy (non-hydrogen) atoms. The zero-order valence-corrected chi connectivity index (χ0v) is 10.5. The molecule has 0 aliphatic heterocycles. The number of hydrogen-bond acceptors (Lipinski definition) is 2. The number of nitrogens with two attached hydrogens (primary N) is 1. The van der Waals surface area contributed by atoms with Crippen molar-refractivity contribution in [3.63, 3.8) is 0 Å². The first-order chi connectivity index (χ1) is 8.15. The topological polar surface area (TPSA) is 39.2 Å². The van der Waals surface area contributed by atoms with Crippen molar-refractivity contribution in [1.29, 1.82) is 0 Å². The molecule has 0 spiro atoms. The highest BCUT2D eigenvalue weighted by atomic mass is 35.5. The van der Waals surface area contributed by atoms with Crippen LogP contribution in [0.5, 0.6) is 0 Å². The Labute approximate surface area is 109 Å². The van der Waals surface area contributed by atoms with Crippen molar-refractivity contribution >= 4 is 23.2 Å². The van der Waals surface area contributed by atoms with Gasteiger partial charge in [-0.3, -0.25) is 0 Å². The van der Waals surface area contributed by atoms with Crippen molar-refractivity contribution < 1.29 is 4.42 Å². The van der Waals surface area contributed by atoms with Crippen LogP contribution >= 0.6 is 23.2 Å². The maximum absolute atomic E-state index is 6.13. The van der Waals surface area contributed by atoms with Crippen molar-refractivity contribution in [3.8, 4) is 11.3 Å². The molecule has 0 saturated heterocycles. The Balaban J connectivity index is 1.95. The zero-order chi connectivity index (χ0) is 12.0. The summed E-state index contributed by atoms with van der Waals surface area (Å²) < 4.78 is 5.78. The molecule has 1 aromatic heterocycles. The molecule has 1 aliphatic carbocycles. The molecule has 0 bridgehead atoms. The Bertz CT molecular complexity index is 564. The lowest BCUT2D eigenvalue weighted by molar-refractivity contribution is 0.522. The van der Waals surface area contributed by atoms with Gasteiger partial charge in [-0.25, -0.2) is 0 Å². The second-order valence-corrected chi connectivity index (χ2v) is 5.18. The maximum atomic E-state index is 6.13. The number of rotatable bonds is 2. The fraction of sp³-hybridized carbons (Fsp3) is 0.231. The molecule has 2 nitrogen and oxygen atoms in total. The fourth-order valence-corrected chi connectivity index (χ4v) is 2.43. The normalized spacial score (nSPS) is 22.8. The third-order valence-corrected chi connectivity index (χ3v) is 3.58. The molecule has 4 heteroatoms. The number of halogens is 2. The summed E-state index contributed by atoms with van der Waals surface area (Å²) in [5.41, 5.74) is 6.65. The Morgan fingerprint density at radius 3 is 2.59 bits per heavy atom. The van der Waals surface area contributed by atoms with Gasteiger partial charge in [-0.2, -0.15) is 0 Å². The predicted octanol–water partition coefficient (Wildman–Crippen LogP) is 4.07. The number of hydrogen-bond donors (Lipinski definition) is 1. The van der Waals surface area contributed by atoms with E-state index in [1.54, 1.807) is 12.1 Å². The molecule has 2 N–H and O–H groups in total. The van der Waals surface area contributed by atoms with Crippen LogP contribution in [0.2, 0.25) is 10.0 Å². The van der Waals surface area contributed by atoms with Crippen molar-refractivity contribution in [2.75, 3.05) is 0 Å². The van der Waals surface area contributed by atoms with Gasteiger partial charge in [0.2, 0.25) is 0 Å². The van der Waals surface area contributed by atoms with E-state index in [-0.39, 0.29) is 6.04 Å². The molecule has 0 amide bonds. The molecule has 2 atom stereocenters. The summed E-state index contributed by atoms with van der Waals surface area (Å²) in [5, 5.41) is 1.22. The van der Waals surface area contributed by atoms with Gasteiger partial charge in [-0.05, 0) is 36.8 Å². The molecule has 1 heterocycles. The first-order valence-electron chi connectivity index (χ1n) is 5.46. The third kappa shape index (κ3) is 2.08. The Kier molecular flexibility index (Phi) is 2.66. The standard InChI is InChI=1S/C13H11Cl2NO/c14-7-1-2-8(10(15)5-7)12-3-4-13(17-12)9-6-11(9)16/h1-5,9,11H,6,16H2/t9-,11+/m1/s1. The molecule has 1 aromatic carbocycles. The number of furan rings is 1. The van der Waals surface area contributed by atoms with Gasteiger partial charge in [-0.1, -0.05) is 23.2 Å². The van der Waals surface area contributed by atoms with Crippen LogP contribution in [0.25, 0.3) is 11.3 Å². The minimum atomic E-state index is 0.245. The maximum Gasteiger partial charge on any atom is 0.135 e. The minimum absolute atomic E-state index is 0.245. The van der Waals surface area contributed by atoms with E-state index in [2.05, 4.69) is 0 Å². The van der Waals surface area contributed by atoms with Crippen LogP contribution in [0, 0.1) is 0 Å². The fourth-order valence-electron chi connectivity index (χ4n) is 1.93. The highest BCUT2D eigenvalue weighted by Gasteiger charge is 2.37. The Morgan fingerprint density at radius 1 is 1.18 bits per heavy atom. The van der Waals surface area contributed by atoms with Crippen LogP contribution < -0.4 is 5.73 Å². The molecule has 3 rings (SSSR count). The molecule has 2 aromatic rings. The van der Waals surface area contributed by atoms with Crippen molar-refractivity contribution in [3.05, 3.63) is 46.1 Å². The molecule has 0 radical (unpaired) electrons. The minimum Gasteiger partial charge on any atom is -0.461 e. The lowest BCUT2D eigenvalue weighted by atomic mass is 10.2. The highest BCUT2D eigenvalue weighted by Crippen LogP contribution is 2.42. The lowest BCUT2D eigenvalue weighted by Gasteiger charge is -2.01. The Morgan fingerprint density at radius 2 is 1.94 bits per heavy atom. The lowest BCUT2D eigenvalue weighted by Crippen LogP contribution is -2.00. The molecule has 88 valence electrons. The van der Waals surface area contributed by atoms with Gasteiger partial charge in [0.1, 0.15) is 11.5 Å². The van der Waals surface area contributed by atoms with E-state index in [4.69, 9.17) is 33.4 Å². The molecule has 1 saturated carbocycles. The second-order valence-electron chi connectivity index (χ2n) is 4.33. The van der Waals surface area contributed by atoms with Gasteiger partial charge in [0, 0.05) is 22.5 Å². The van der Waals surface area contributed by atoms with E-state index in [0.29, 0.717) is 16.0 Å². The predicted molar refractivity (Wildman–Crippen MR) is 69.5 cm³/mol. The largest absolute Gasteiger partial charge is 0.461 e. The van der Waals surface area contributed by atoms with Gasteiger partial charge >= 0.3 is 0 Å². The van der Waals surface area contributed by atoms with Crippen LogP contribution in [0.1, 0.15) is 18.1 Å². The van der Waals surface area contributed by atoms with Gasteiger partial charge in [0.25, 0.3) is 0 Å². The summed E-state index contributed by atoms with van der Waals surface area (Å²) in [5.74, 6) is 2.08. The second kappa shape index (κ2) is 4.05. The molecular formula is C13H11Cl2NO. The smallest absolute Gasteiger partial charge is 0.135 e. The van der Waals surface area contributed by atoms with Gasteiger partial charge in [0.15, 0.2) is 0 Å². The van der Waals surface area contributed by atoms with E-state index in [1.165, 1.54) is 0 Å². The van der Waals surface area contributed by atoms with Gasteiger partial charge in [-0.15, -0.1) is 0 Å². The summed E-state index contributed by atoms with van der Waals surface area (Å²) in [4.78, 5) is 0. The summed E-state index contributed by atoms with van der Waals surface area (Å²) in [6.07, 6.45) is 1.00. The summed E-state index contributed by atoms with van der Waals surface area (Å²) in [7, 11) is 0. The number of benzene rings is 1. The van der Waals surface area contributed by atoms with E-state index < -0.39 is 0 Å². The highest BCUT2D eigenvalue weighted by molar-refractivity contribution is 6.36.